The highest BCUT2D eigenvalue weighted by Gasteiger charge is 2.38. The van der Waals surface area contributed by atoms with E-state index in [2.05, 4.69) is 54.3 Å². The number of pyridine rings is 4. The third-order valence-electron chi connectivity index (χ3n) is 8.70. The Balaban J connectivity index is 0.000000172. The Morgan fingerprint density at radius 3 is 1.41 bits per heavy atom. The number of hydrogen-bond donors (Lipinski definition) is 2. The number of hydrogen-bond acceptors (Lipinski definition) is 10. The van der Waals surface area contributed by atoms with E-state index < -0.39 is 24.4 Å². The molecule has 4 aromatic heterocycles. The normalized spacial score (nSPS) is 17.8. The summed E-state index contributed by atoms with van der Waals surface area (Å²) in [6.45, 7) is 0. The minimum Gasteiger partial charge on any atom is -0.497 e. The molecule has 2 aliphatic rings. The molecule has 276 valence electrons. The molecule has 2 saturated heterocycles. The fourth-order valence-electron chi connectivity index (χ4n) is 6.05. The summed E-state index contributed by atoms with van der Waals surface area (Å²) < 4.78 is 21.6. The van der Waals surface area contributed by atoms with Gasteiger partial charge in [-0.1, -0.05) is 48.2 Å². The summed E-state index contributed by atoms with van der Waals surface area (Å²) in [7, 11) is 3.20. The largest absolute Gasteiger partial charge is 0.497 e. The van der Waals surface area contributed by atoms with Crippen LogP contribution in [0.3, 0.4) is 0 Å². The lowest BCUT2D eigenvalue weighted by molar-refractivity contribution is 0.131. The number of nitrogens with one attached hydrogen (secondary N) is 2. The number of ether oxygens (including phenoxy) is 4. The standard InChI is InChI=1S/2C22H17N3O3/c2*1-27-19-7-4-5-16(12-19)21-20(25-22(26)28-21)17-11-15(13-23-14-17)8-9-18-6-2-3-10-24-18/h2*2-7,10-14,20-21H,1H3,(H,25,26)/t2*20-,21-/m10/s1. The number of aromatic nitrogens is 4. The highest BCUT2D eigenvalue weighted by atomic mass is 16.6. The second kappa shape index (κ2) is 17.4. The predicted molar refractivity (Wildman–Crippen MR) is 205 cm³/mol. The first kappa shape index (κ1) is 36.6. The molecule has 8 rings (SSSR count). The van der Waals surface area contributed by atoms with Gasteiger partial charge >= 0.3 is 12.2 Å². The summed E-state index contributed by atoms with van der Waals surface area (Å²) >= 11 is 0. The summed E-state index contributed by atoms with van der Waals surface area (Å²) in [5.74, 6) is 13.5. The van der Waals surface area contributed by atoms with E-state index in [1.807, 2.05) is 97.1 Å². The van der Waals surface area contributed by atoms with Crippen molar-refractivity contribution in [2.75, 3.05) is 14.2 Å². The zero-order valence-electron chi connectivity index (χ0n) is 30.2. The molecule has 0 spiro atoms. The number of cyclic esters (lactones) is 2. The third-order valence-corrected chi connectivity index (χ3v) is 8.70. The molecule has 0 bridgehead atoms. The molecule has 56 heavy (non-hydrogen) atoms. The van der Waals surface area contributed by atoms with E-state index in [-0.39, 0.29) is 12.1 Å². The van der Waals surface area contributed by atoms with E-state index in [1.54, 1.807) is 51.4 Å². The summed E-state index contributed by atoms with van der Waals surface area (Å²) in [6.07, 6.45) is 8.26. The third kappa shape index (κ3) is 9.08. The monoisotopic (exact) mass is 742 g/mol. The molecular weight excluding hydrogens is 709 g/mol. The quantitative estimate of drug-likeness (QED) is 0.175. The van der Waals surface area contributed by atoms with Crippen LogP contribution in [0.2, 0.25) is 0 Å². The summed E-state index contributed by atoms with van der Waals surface area (Å²) in [6, 6.07) is 29.1. The van der Waals surface area contributed by atoms with E-state index in [1.165, 1.54) is 0 Å². The molecule has 12 heteroatoms. The summed E-state index contributed by atoms with van der Waals surface area (Å²) in [5, 5.41) is 5.71. The average molecular weight is 743 g/mol. The fourth-order valence-corrected chi connectivity index (χ4v) is 6.05. The van der Waals surface area contributed by atoms with Gasteiger partial charge in [0.2, 0.25) is 0 Å². The first-order chi connectivity index (χ1) is 27.4. The average Bonchev–Trinajstić information content (AvgIpc) is 3.86. The number of alkyl carbamates (subject to hydrolysis) is 2. The first-order valence-corrected chi connectivity index (χ1v) is 17.4. The van der Waals surface area contributed by atoms with Gasteiger partial charge in [0.05, 0.1) is 14.2 Å². The molecule has 2 aliphatic heterocycles. The maximum absolute atomic E-state index is 11.9. The Morgan fingerprint density at radius 2 is 1.00 bits per heavy atom. The van der Waals surface area contributed by atoms with Gasteiger partial charge in [0.15, 0.2) is 12.2 Å². The van der Waals surface area contributed by atoms with Crippen LogP contribution < -0.4 is 20.1 Å². The summed E-state index contributed by atoms with van der Waals surface area (Å²) in [4.78, 5) is 40.8. The Labute approximate surface area is 323 Å². The van der Waals surface area contributed by atoms with Crippen LogP contribution in [0.4, 0.5) is 9.59 Å². The van der Waals surface area contributed by atoms with E-state index >= 15 is 0 Å². The van der Waals surface area contributed by atoms with Crippen molar-refractivity contribution in [1.29, 1.82) is 0 Å². The molecule has 6 heterocycles. The van der Waals surface area contributed by atoms with Gasteiger partial charge in [-0.2, -0.15) is 0 Å². The summed E-state index contributed by atoms with van der Waals surface area (Å²) in [5.41, 5.74) is 6.13. The van der Waals surface area contributed by atoms with Gasteiger partial charge in [-0.25, -0.2) is 19.6 Å². The minimum absolute atomic E-state index is 0.372. The highest BCUT2D eigenvalue weighted by Crippen LogP contribution is 2.39. The van der Waals surface area contributed by atoms with Crippen LogP contribution in [0.25, 0.3) is 0 Å². The van der Waals surface area contributed by atoms with Crippen molar-refractivity contribution in [3.63, 3.8) is 0 Å². The van der Waals surface area contributed by atoms with E-state index in [0.717, 1.165) is 33.4 Å². The molecule has 4 atom stereocenters. The van der Waals surface area contributed by atoms with Crippen LogP contribution in [-0.4, -0.2) is 46.3 Å². The van der Waals surface area contributed by atoms with Gasteiger partial charge in [-0.05, 0) is 94.8 Å². The minimum atomic E-state index is -0.483. The Hall–Kier alpha value is -7.70. The number of nitrogens with zero attached hydrogens (tertiary/aromatic N) is 4. The number of benzene rings is 2. The van der Waals surface area contributed by atoms with Crippen LogP contribution >= 0.6 is 0 Å². The molecule has 2 aromatic carbocycles. The van der Waals surface area contributed by atoms with Gasteiger partial charge in [-0.15, -0.1) is 0 Å². The second-order valence-corrected chi connectivity index (χ2v) is 12.4. The van der Waals surface area contributed by atoms with Crippen LogP contribution in [0.5, 0.6) is 11.5 Å². The number of methoxy groups -OCH3 is 2. The van der Waals surface area contributed by atoms with Gasteiger partial charge in [0.1, 0.15) is 35.0 Å². The Morgan fingerprint density at radius 1 is 0.536 bits per heavy atom. The molecule has 2 fully saturated rings. The molecule has 2 amide bonds. The molecule has 6 aromatic rings. The van der Waals surface area contributed by atoms with Crippen molar-refractivity contribution in [1.82, 2.24) is 30.6 Å². The maximum atomic E-state index is 11.9. The molecule has 2 N–H and O–H groups in total. The Kier molecular flexibility index (Phi) is 11.4. The van der Waals surface area contributed by atoms with E-state index in [0.29, 0.717) is 22.9 Å². The van der Waals surface area contributed by atoms with Crippen LogP contribution in [-0.2, 0) is 9.47 Å². The SMILES string of the molecule is COc1cccc([C@@H]2OC(=O)N[C@H]2c2cncc(C#Cc3ccccn3)c2)c1.COc1cccc([C@H]2OC(=O)N[C@@H]2c2cncc(C#Cc3ccccn3)c2)c1. The molecular formula is C44H34N6O6. The van der Waals surface area contributed by atoms with Crippen molar-refractivity contribution in [2.24, 2.45) is 0 Å². The number of rotatable bonds is 6. The lowest BCUT2D eigenvalue weighted by Gasteiger charge is -2.18. The number of amides is 2. The maximum Gasteiger partial charge on any atom is 0.408 e. The van der Waals surface area contributed by atoms with Gasteiger partial charge in [-0.3, -0.25) is 9.97 Å². The lowest BCUT2D eigenvalue weighted by atomic mass is 9.96. The smallest absolute Gasteiger partial charge is 0.408 e. The molecule has 0 radical (unpaired) electrons. The zero-order chi connectivity index (χ0) is 38.7. The van der Waals surface area contributed by atoms with Crippen molar-refractivity contribution in [2.45, 2.75) is 24.3 Å². The molecule has 0 aliphatic carbocycles. The second-order valence-electron chi connectivity index (χ2n) is 12.4. The van der Waals surface area contributed by atoms with Crippen LogP contribution in [0, 0.1) is 23.7 Å². The zero-order valence-corrected chi connectivity index (χ0v) is 30.2. The first-order valence-electron chi connectivity index (χ1n) is 17.4. The van der Waals surface area contributed by atoms with Crippen molar-refractivity contribution in [3.05, 3.63) is 179 Å². The predicted octanol–water partition coefficient (Wildman–Crippen LogP) is 6.81. The van der Waals surface area contributed by atoms with Crippen LogP contribution in [0.15, 0.2) is 134 Å². The fraction of sp³-hybridized carbons (Fsp3) is 0.136. The van der Waals surface area contributed by atoms with Crippen molar-refractivity contribution >= 4 is 12.2 Å². The van der Waals surface area contributed by atoms with Gasteiger partial charge < -0.3 is 29.6 Å². The van der Waals surface area contributed by atoms with E-state index in [9.17, 15) is 9.59 Å². The lowest BCUT2D eigenvalue weighted by Crippen LogP contribution is -2.19. The van der Waals surface area contributed by atoms with Gasteiger partial charge in [0.25, 0.3) is 0 Å². The number of carbonyl (C=O) groups is 2. The molecule has 0 saturated carbocycles. The van der Waals surface area contributed by atoms with E-state index in [4.69, 9.17) is 18.9 Å². The topological polar surface area (TPSA) is 147 Å². The number of carbonyl (C=O) groups excluding carboxylic acids is 2. The highest BCUT2D eigenvalue weighted by molar-refractivity contribution is 5.72. The van der Waals surface area contributed by atoms with Crippen molar-refractivity contribution in [3.8, 4) is 35.2 Å². The Bertz CT molecular complexity index is 2290. The van der Waals surface area contributed by atoms with Gasteiger partial charge in [0, 0.05) is 48.3 Å². The molecule has 12 nitrogen and oxygen atoms in total. The van der Waals surface area contributed by atoms with Crippen molar-refractivity contribution < 1.29 is 28.5 Å². The van der Waals surface area contributed by atoms with Crippen LogP contribution in [0.1, 0.15) is 69.1 Å². The molecule has 0 unspecified atom stereocenters.